The Kier molecular flexibility index (Phi) is 8.87. The van der Waals surface area contributed by atoms with Crippen molar-refractivity contribution in [2.45, 2.75) is 52.0 Å². The van der Waals surface area contributed by atoms with E-state index in [-0.39, 0.29) is 35.9 Å². The first-order chi connectivity index (χ1) is 17.4. The molecule has 0 spiro atoms. The number of nitrogens with zero attached hydrogens (tertiary/aromatic N) is 2. The smallest absolute Gasteiger partial charge is 0.315 e. The Labute approximate surface area is 220 Å². The Bertz CT molecular complexity index is 1150. The molecule has 1 fully saturated rings. The van der Waals surface area contributed by atoms with Crippen LogP contribution >= 0.6 is 23.2 Å². The lowest BCUT2D eigenvalue weighted by Gasteiger charge is -2.41. The van der Waals surface area contributed by atoms with E-state index in [1.807, 2.05) is 55.5 Å². The van der Waals surface area contributed by atoms with Crippen LogP contribution in [0.3, 0.4) is 0 Å². The maximum Gasteiger partial charge on any atom is 0.315 e. The summed E-state index contributed by atoms with van der Waals surface area (Å²) in [5, 5.41) is 15.6. The van der Waals surface area contributed by atoms with Gasteiger partial charge in [0.2, 0.25) is 0 Å². The standard InChI is InChI=1S/C26H30Cl2N4O4/c1-3-29-26(34)30-12-17-4-10-20(11-5-17)25-35-21(13-32-15-31-23(27)24(32)28)16(2)22(36-25)19-8-6-18(14-33)7-9-19/h4-11,15-16,21-22,25,33H,3,12-14H2,1-2H3,(H2,29,30,34)/t16-,21+,22+,25+/m1/s1. The first-order valence-corrected chi connectivity index (χ1v) is 12.6. The number of aliphatic hydroxyl groups is 1. The second kappa shape index (κ2) is 12.1. The number of carbonyl (C=O) groups is 1. The van der Waals surface area contributed by atoms with Crippen molar-refractivity contribution in [2.24, 2.45) is 5.92 Å². The predicted molar refractivity (Wildman–Crippen MR) is 138 cm³/mol. The maximum absolute atomic E-state index is 11.7. The molecule has 0 bridgehead atoms. The van der Waals surface area contributed by atoms with Crippen molar-refractivity contribution < 1.29 is 19.4 Å². The van der Waals surface area contributed by atoms with Gasteiger partial charge in [0, 0.05) is 24.6 Å². The number of ether oxygens (including phenoxy) is 2. The number of amides is 2. The van der Waals surface area contributed by atoms with Crippen LogP contribution in [0.15, 0.2) is 54.9 Å². The van der Waals surface area contributed by atoms with Crippen molar-refractivity contribution in [1.82, 2.24) is 20.2 Å². The predicted octanol–water partition coefficient (Wildman–Crippen LogP) is 4.99. The summed E-state index contributed by atoms with van der Waals surface area (Å²) in [6, 6.07) is 15.3. The van der Waals surface area contributed by atoms with Crippen LogP contribution in [0.25, 0.3) is 0 Å². The molecule has 0 saturated carbocycles. The fraction of sp³-hybridized carbons (Fsp3) is 0.385. The molecule has 192 valence electrons. The van der Waals surface area contributed by atoms with Gasteiger partial charge in [-0.3, -0.25) is 0 Å². The summed E-state index contributed by atoms with van der Waals surface area (Å²) in [7, 11) is 0. The molecular formula is C26H30Cl2N4O4. The van der Waals surface area contributed by atoms with Gasteiger partial charge in [-0.2, -0.15) is 0 Å². The van der Waals surface area contributed by atoms with Crippen LogP contribution in [0.2, 0.25) is 10.3 Å². The van der Waals surface area contributed by atoms with Gasteiger partial charge < -0.3 is 29.8 Å². The SMILES string of the molecule is CCNC(=O)NCc1ccc([C@H]2O[C@@H](Cn3cnc(Cl)c3Cl)[C@@H](C)[C@@H](c3ccc(CO)cc3)O2)cc1. The topological polar surface area (TPSA) is 97.6 Å². The van der Waals surface area contributed by atoms with Crippen LogP contribution in [0.1, 0.15) is 48.5 Å². The van der Waals surface area contributed by atoms with E-state index in [9.17, 15) is 9.90 Å². The van der Waals surface area contributed by atoms with Gasteiger partial charge in [-0.05, 0) is 23.6 Å². The molecule has 3 aromatic rings. The highest BCUT2D eigenvalue weighted by molar-refractivity contribution is 6.40. The van der Waals surface area contributed by atoms with Gasteiger partial charge in [0.05, 0.1) is 31.7 Å². The molecule has 1 saturated heterocycles. The van der Waals surface area contributed by atoms with Gasteiger partial charge in [0.1, 0.15) is 5.15 Å². The fourth-order valence-electron chi connectivity index (χ4n) is 4.19. The number of hydrogen-bond donors (Lipinski definition) is 3. The summed E-state index contributed by atoms with van der Waals surface area (Å²) in [5.74, 6) is -0.0148. The summed E-state index contributed by atoms with van der Waals surface area (Å²) in [5.41, 5.74) is 3.65. The van der Waals surface area contributed by atoms with Crippen LogP contribution in [0.5, 0.6) is 0 Å². The minimum Gasteiger partial charge on any atom is -0.392 e. The Morgan fingerprint density at radius 3 is 2.31 bits per heavy atom. The number of aliphatic hydroxyl groups excluding tert-OH is 1. The average molecular weight is 533 g/mol. The number of halogens is 2. The van der Waals surface area contributed by atoms with Crippen LogP contribution in [-0.4, -0.2) is 33.3 Å². The summed E-state index contributed by atoms with van der Waals surface area (Å²) in [6.45, 7) is 5.37. The van der Waals surface area contributed by atoms with E-state index in [4.69, 9.17) is 32.7 Å². The number of nitrogens with one attached hydrogen (secondary N) is 2. The van der Waals surface area contributed by atoms with E-state index < -0.39 is 6.29 Å². The Hall–Kier alpha value is -2.62. The van der Waals surface area contributed by atoms with Crippen molar-refractivity contribution in [3.8, 4) is 0 Å². The van der Waals surface area contributed by atoms with Gasteiger partial charge in [0.25, 0.3) is 0 Å². The number of imidazole rings is 1. The van der Waals surface area contributed by atoms with E-state index in [0.29, 0.717) is 24.8 Å². The lowest BCUT2D eigenvalue weighted by molar-refractivity contribution is -0.276. The lowest BCUT2D eigenvalue weighted by atomic mass is 9.90. The van der Waals surface area contributed by atoms with Gasteiger partial charge >= 0.3 is 6.03 Å². The van der Waals surface area contributed by atoms with Crippen LogP contribution in [-0.2, 0) is 29.2 Å². The van der Waals surface area contributed by atoms with Gasteiger partial charge in [-0.15, -0.1) is 0 Å². The molecule has 36 heavy (non-hydrogen) atoms. The largest absolute Gasteiger partial charge is 0.392 e. The molecular weight excluding hydrogens is 503 g/mol. The molecule has 8 nitrogen and oxygen atoms in total. The van der Waals surface area contributed by atoms with Crippen molar-refractivity contribution >= 4 is 29.2 Å². The van der Waals surface area contributed by atoms with Crippen molar-refractivity contribution in [3.05, 3.63) is 87.4 Å². The van der Waals surface area contributed by atoms with Crippen LogP contribution in [0, 0.1) is 5.92 Å². The number of urea groups is 1. The van der Waals surface area contributed by atoms with Gasteiger partial charge in [0.15, 0.2) is 11.4 Å². The fourth-order valence-corrected chi connectivity index (χ4v) is 4.50. The first kappa shape index (κ1) is 26.4. The van der Waals surface area contributed by atoms with E-state index in [0.717, 1.165) is 22.3 Å². The van der Waals surface area contributed by atoms with E-state index >= 15 is 0 Å². The molecule has 3 N–H and O–H groups in total. The van der Waals surface area contributed by atoms with Crippen molar-refractivity contribution in [2.75, 3.05) is 6.54 Å². The molecule has 0 radical (unpaired) electrons. The second-order valence-corrected chi connectivity index (χ2v) is 9.47. The minimum absolute atomic E-state index is 0.0148. The third kappa shape index (κ3) is 6.19. The molecule has 4 rings (SSSR count). The normalized spacial score (nSPS) is 21.8. The Morgan fingerprint density at radius 1 is 1.03 bits per heavy atom. The number of carbonyl (C=O) groups excluding carboxylic acids is 1. The summed E-state index contributed by atoms with van der Waals surface area (Å²) >= 11 is 12.4. The zero-order valence-electron chi connectivity index (χ0n) is 20.2. The maximum atomic E-state index is 11.7. The van der Waals surface area contributed by atoms with Crippen molar-refractivity contribution in [3.63, 3.8) is 0 Å². The monoisotopic (exact) mass is 532 g/mol. The van der Waals surface area contributed by atoms with Gasteiger partial charge in [-0.25, -0.2) is 9.78 Å². The highest BCUT2D eigenvalue weighted by atomic mass is 35.5. The van der Waals surface area contributed by atoms with E-state index in [2.05, 4.69) is 22.5 Å². The molecule has 0 aliphatic carbocycles. The Morgan fingerprint density at radius 2 is 1.69 bits per heavy atom. The number of hydrogen-bond acceptors (Lipinski definition) is 5. The zero-order chi connectivity index (χ0) is 25.7. The molecule has 2 amide bonds. The summed E-state index contributed by atoms with van der Waals surface area (Å²) < 4.78 is 14.7. The third-order valence-electron chi connectivity index (χ3n) is 6.28. The van der Waals surface area contributed by atoms with Crippen LogP contribution < -0.4 is 10.6 Å². The molecule has 1 aliphatic heterocycles. The molecule has 0 unspecified atom stereocenters. The number of aromatic nitrogens is 2. The Balaban J connectivity index is 1.55. The molecule has 1 aromatic heterocycles. The van der Waals surface area contributed by atoms with Gasteiger partial charge in [-0.1, -0.05) is 78.7 Å². The molecule has 4 atom stereocenters. The van der Waals surface area contributed by atoms with Crippen LogP contribution in [0.4, 0.5) is 4.79 Å². The summed E-state index contributed by atoms with van der Waals surface area (Å²) in [4.78, 5) is 15.8. The average Bonchev–Trinajstić information content (AvgIpc) is 3.21. The second-order valence-electron chi connectivity index (χ2n) is 8.76. The zero-order valence-corrected chi connectivity index (χ0v) is 21.7. The first-order valence-electron chi connectivity index (χ1n) is 11.9. The summed E-state index contributed by atoms with van der Waals surface area (Å²) in [6.07, 6.45) is 0.496. The number of benzene rings is 2. The quantitative estimate of drug-likeness (QED) is 0.379. The minimum atomic E-state index is -0.614. The molecule has 2 aromatic carbocycles. The third-order valence-corrected chi connectivity index (χ3v) is 7.04. The molecule has 2 heterocycles. The highest BCUT2D eigenvalue weighted by Gasteiger charge is 2.38. The lowest BCUT2D eigenvalue weighted by Crippen LogP contribution is -2.39. The molecule has 10 heteroatoms. The van der Waals surface area contributed by atoms with E-state index in [1.54, 1.807) is 10.9 Å². The highest BCUT2D eigenvalue weighted by Crippen LogP contribution is 2.42. The molecule has 1 aliphatic rings. The van der Waals surface area contributed by atoms with Crippen molar-refractivity contribution in [1.29, 1.82) is 0 Å². The number of rotatable bonds is 8. The van der Waals surface area contributed by atoms with E-state index in [1.165, 1.54) is 0 Å².